The molecule has 3 heteroatoms. The van der Waals surface area contributed by atoms with Crippen LogP contribution in [0.5, 0.6) is 0 Å². The minimum atomic E-state index is 0.324. The van der Waals surface area contributed by atoms with E-state index in [-0.39, 0.29) is 0 Å². The number of nitrogens with two attached hydrogens (primary N) is 1. The van der Waals surface area contributed by atoms with Crippen LogP contribution in [0.1, 0.15) is 11.3 Å². The molecule has 0 bridgehead atoms. The highest BCUT2D eigenvalue weighted by Crippen LogP contribution is 1.97. The van der Waals surface area contributed by atoms with Crippen molar-refractivity contribution in [2.45, 2.75) is 0 Å². The van der Waals surface area contributed by atoms with E-state index in [4.69, 9.17) is 11.0 Å². The molecule has 1 aromatic rings. The van der Waals surface area contributed by atoms with Crippen molar-refractivity contribution in [1.29, 1.82) is 5.26 Å². The van der Waals surface area contributed by atoms with Crippen LogP contribution in [-0.4, -0.2) is 11.5 Å². The number of rotatable bonds is 0. The van der Waals surface area contributed by atoms with Crippen LogP contribution in [0.4, 0.5) is 0 Å². The molecule has 0 saturated carbocycles. The van der Waals surface area contributed by atoms with E-state index in [2.05, 4.69) is 16.8 Å². The molecule has 0 spiro atoms. The maximum atomic E-state index is 8.50. The summed E-state index contributed by atoms with van der Waals surface area (Å²) < 4.78 is 0. The Hall–Kier alpha value is -1.84. The first-order chi connectivity index (χ1) is 5.86. The molecule has 1 aromatic heterocycles. The molecule has 0 aliphatic carbocycles. The topological polar surface area (TPSA) is 62.7 Å². The number of aromatic nitrogens is 1. The molecule has 1 heterocycles. The fourth-order valence-corrected chi connectivity index (χ4v) is 0.723. The minimum Gasteiger partial charge on any atom is -0.320 e. The number of hydrogen-bond donors (Lipinski definition) is 1. The Morgan fingerprint density at radius 2 is 2.42 bits per heavy atom. The van der Waals surface area contributed by atoms with E-state index in [1.54, 1.807) is 18.3 Å². The Bertz CT molecular complexity index is 365. The van der Waals surface area contributed by atoms with Gasteiger partial charge in [-0.25, -0.2) is 4.98 Å². The Morgan fingerprint density at radius 3 is 3.08 bits per heavy atom. The fraction of sp³-hybridized carbons (Fsp3) is 0.111. The van der Waals surface area contributed by atoms with E-state index in [9.17, 15) is 0 Å². The van der Waals surface area contributed by atoms with E-state index < -0.39 is 0 Å². The SMILES string of the molecule is N#Cc1cc(C#CCN)ccn1. The third-order valence-corrected chi connectivity index (χ3v) is 1.21. The summed E-state index contributed by atoms with van der Waals surface area (Å²) in [5.41, 5.74) is 6.34. The molecule has 0 unspecified atom stereocenters. The summed E-state index contributed by atoms with van der Waals surface area (Å²) in [5, 5.41) is 8.50. The number of pyridine rings is 1. The van der Waals surface area contributed by atoms with Crippen molar-refractivity contribution < 1.29 is 0 Å². The average molecular weight is 157 g/mol. The number of nitriles is 1. The summed E-state index contributed by atoms with van der Waals surface area (Å²) in [6.07, 6.45) is 1.55. The highest BCUT2D eigenvalue weighted by atomic mass is 14.7. The lowest BCUT2D eigenvalue weighted by atomic mass is 10.2. The molecule has 0 atom stereocenters. The zero-order chi connectivity index (χ0) is 8.81. The van der Waals surface area contributed by atoms with E-state index in [0.29, 0.717) is 12.2 Å². The van der Waals surface area contributed by atoms with Gasteiger partial charge in [-0.2, -0.15) is 5.26 Å². The van der Waals surface area contributed by atoms with Crippen LogP contribution in [0, 0.1) is 23.2 Å². The summed E-state index contributed by atoms with van der Waals surface area (Å²) in [6.45, 7) is 0.324. The van der Waals surface area contributed by atoms with E-state index in [1.165, 1.54) is 0 Å². The summed E-state index contributed by atoms with van der Waals surface area (Å²) in [7, 11) is 0. The number of hydrogen-bond acceptors (Lipinski definition) is 3. The van der Waals surface area contributed by atoms with Gasteiger partial charge in [0.05, 0.1) is 6.54 Å². The van der Waals surface area contributed by atoms with Crippen molar-refractivity contribution >= 4 is 0 Å². The molecule has 0 amide bonds. The molecule has 0 aliphatic heterocycles. The molecule has 12 heavy (non-hydrogen) atoms. The van der Waals surface area contributed by atoms with Gasteiger partial charge in [-0.15, -0.1) is 0 Å². The molecule has 0 fully saturated rings. The molecule has 3 nitrogen and oxygen atoms in total. The summed E-state index contributed by atoms with van der Waals surface area (Å²) in [6, 6.07) is 5.30. The Balaban J connectivity index is 2.96. The molecule has 0 aromatic carbocycles. The first-order valence-electron chi connectivity index (χ1n) is 3.42. The number of nitrogens with zero attached hydrogens (tertiary/aromatic N) is 2. The van der Waals surface area contributed by atoms with Crippen LogP contribution in [0.2, 0.25) is 0 Å². The molecule has 2 N–H and O–H groups in total. The van der Waals surface area contributed by atoms with Crippen LogP contribution in [-0.2, 0) is 0 Å². The van der Waals surface area contributed by atoms with Crippen LogP contribution in [0.25, 0.3) is 0 Å². The Labute approximate surface area is 70.8 Å². The lowest BCUT2D eigenvalue weighted by Gasteiger charge is -1.88. The lowest BCUT2D eigenvalue weighted by Crippen LogP contribution is -1.93. The second-order valence-corrected chi connectivity index (χ2v) is 2.05. The van der Waals surface area contributed by atoms with Crippen molar-refractivity contribution in [3.05, 3.63) is 29.6 Å². The predicted molar refractivity (Wildman–Crippen MR) is 44.9 cm³/mol. The van der Waals surface area contributed by atoms with Gasteiger partial charge in [-0.1, -0.05) is 11.8 Å². The minimum absolute atomic E-state index is 0.324. The monoisotopic (exact) mass is 157 g/mol. The Morgan fingerprint density at radius 1 is 1.58 bits per heavy atom. The van der Waals surface area contributed by atoms with Gasteiger partial charge in [0.2, 0.25) is 0 Å². The second-order valence-electron chi connectivity index (χ2n) is 2.05. The molecule has 0 aliphatic rings. The van der Waals surface area contributed by atoms with Gasteiger partial charge in [0.1, 0.15) is 11.8 Å². The molecule has 1 rings (SSSR count). The van der Waals surface area contributed by atoms with E-state index in [1.807, 2.05) is 6.07 Å². The van der Waals surface area contributed by atoms with E-state index >= 15 is 0 Å². The molecular formula is C9H7N3. The van der Waals surface area contributed by atoms with Crippen molar-refractivity contribution in [2.75, 3.05) is 6.54 Å². The van der Waals surface area contributed by atoms with Gasteiger partial charge in [0.15, 0.2) is 0 Å². The highest BCUT2D eigenvalue weighted by Gasteiger charge is 1.90. The van der Waals surface area contributed by atoms with Gasteiger partial charge in [0.25, 0.3) is 0 Å². The largest absolute Gasteiger partial charge is 0.320 e. The maximum Gasteiger partial charge on any atom is 0.141 e. The first-order valence-corrected chi connectivity index (χ1v) is 3.42. The van der Waals surface area contributed by atoms with Crippen LogP contribution in [0.15, 0.2) is 18.3 Å². The summed E-state index contributed by atoms with van der Waals surface area (Å²) >= 11 is 0. The van der Waals surface area contributed by atoms with Gasteiger partial charge >= 0.3 is 0 Å². The molecule has 58 valence electrons. The fourth-order valence-electron chi connectivity index (χ4n) is 0.723. The third kappa shape index (κ3) is 2.09. The summed E-state index contributed by atoms with van der Waals surface area (Å²) in [4.78, 5) is 3.81. The van der Waals surface area contributed by atoms with Gasteiger partial charge in [0, 0.05) is 11.8 Å². The molecule has 0 saturated heterocycles. The van der Waals surface area contributed by atoms with Crippen LogP contribution in [0.3, 0.4) is 0 Å². The standard InChI is InChI=1S/C9H7N3/c10-4-1-2-8-3-5-12-9(6-8)7-11/h3,5-6H,4,10H2. The van der Waals surface area contributed by atoms with Crippen LogP contribution < -0.4 is 5.73 Å². The van der Waals surface area contributed by atoms with Crippen molar-refractivity contribution in [3.63, 3.8) is 0 Å². The smallest absolute Gasteiger partial charge is 0.141 e. The van der Waals surface area contributed by atoms with Gasteiger partial charge in [-0.05, 0) is 12.1 Å². The summed E-state index contributed by atoms with van der Waals surface area (Å²) in [5.74, 6) is 5.51. The zero-order valence-corrected chi connectivity index (χ0v) is 6.41. The van der Waals surface area contributed by atoms with E-state index in [0.717, 1.165) is 5.56 Å². The first kappa shape index (κ1) is 8.26. The zero-order valence-electron chi connectivity index (χ0n) is 6.41. The van der Waals surface area contributed by atoms with Gasteiger partial charge < -0.3 is 5.73 Å². The van der Waals surface area contributed by atoms with Crippen molar-refractivity contribution in [3.8, 4) is 17.9 Å². The Kier molecular flexibility index (Phi) is 2.84. The average Bonchev–Trinajstić information content (AvgIpc) is 2.15. The van der Waals surface area contributed by atoms with Crippen molar-refractivity contribution in [2.24, 2.45) is 5.73 Å². The van der Waals surface area contributed by atoms with Gasteiger partial charge in [-0.3, -0.25) is 0 Å². The molecular weight excluding hydrogens is 150 g/mol. The normalized spacial score (nSPS) is 8.00. The predicted octanol–water partition coefficient (Wildman–Crippen LogP) is 0.263. The quantitative estimate of drug-likeness (QED) is 0.549. The third-order valence-electron chi connectivity index (χ3n) is 1.21. The highest BCUT2D eigenvalue weighted by molar-refractivity contribution is 5.37. The second kappa shape index (κ2) is 4.12. The van der Waals surface area contributed by atoms with Crippen LogP contribution >= 0.6 is 0 Å². The maximum absolute atomic E-state index is 8.50. The van der Waals surface area contributed by atoms with Crippen molar-refractivity contribution in [1.82, 2.24) is 4.98 Å². The lowest BCUT2D eigenvalue weighted by molar-refractivity contribution is 1.25. The molecule has 0 radical (unpaired) electrons.